The largest absolute Gasteiger partial charge is 0.494 e. The summed E-state index contributed by atoms with van der Waals surface area (Å²) in [5.41, 5.74) is 0.205. The van der Waals surface area contributed by atoms with Gasteiger partial charge in [0, 0.05) is 0 Å². The van der Waals surface area contributed by atoms with Gasteiger partial charge in [-0.25, -0.2) is 9.78 Å². The molecule has 0 aromatic carbocycles. The van der Waals surface area contributed by atoms with Crippen LogP contribution < -0.4 is 4.74 Å². The van der Waals surface area contributed by atoms with Crippen LogP contribution in [0.15, 0.2) is 12.1 Å². The molecular weight excluding hydrogens is 285 g/mol. The Kier molecular flexibility index (Phi) is 3.47. The lowest BCUT2D eigenvalue weighted by Crippen LogP contribution is -2.07. The lowest BCUT2D eigenvalue weighted by atomic mass is 10.3. The number of rotatable bonds is 2. The van der Waals surface area contributed by atoms with Crippen molar-refractivity contribution in [2.24, 2.45) is 0 Å². The van der Waals surface area contributed by atoms with Crippen molar-refractivity contribution >= 4 is 28.6 Å². The Morgan fingerprint density at radius 3 is 2.69 bits per heavy atom. The second-order valence-corrected chi connectivity index (χ2v) is 3.28. The molecule has 4 nitrogen and oxygen atoms in total. The minimum Gasteiger partial charge on any atom is -0.494 e. The Bertz CT molecular complexity index is 327. The molecule has 1 aromatic rings. The molecule has 1 heterocycles. The number of carbonyl (C=O) groups is 1. The van der Waals surface area contributed by atoms with Crippen LogP contribution >= 0.6 is 22.6 Å². The van der Waals surface area contributed by atoms with E-state index >= 15 is 0 Å². The van der Waals surface area contributed by atoms with Crippen molar-refractivity contribution in [2.45, 2.75) is 0 Å². The third-order valence-electron chi connectivity index (χ3n) is 1.42. The molecule has 13 heavy (non-hydrogen) atoms. The van der Waals surface area contributed by atoms with E-state index in [2.05, 4.69) is 9.72 Å². The summed E-state index contributed by atoms with van der Waals surface area (Å²) in [6.45, 7) is 0. The van der Waals surface area contributed by atoms with Crippen LogP contribution in [0, 0.1) is 3.70 Å². The van der Waals surface area contributed by atoms with E-state index in [1.807, 2.05) is 22.6 Å². The van der Waals surface area contributed by atoms with Crippen LogP contribution in [0.3, 0.4) is 0 Å². The molecule has 0 fully saturated rings. The minimum atomic E-state index is -0.490. The molecule has 0 atom stereocenters. The number of methoxy groups -OCH3 is 2. The molecule has 0 unspecified atom stereocenters. The van der Waals surface area contributed by atoms with Gasteiger partial charge in [-0.2, -0.15) is 0 Å². The number of ether oxygens (including phenoxy) is 2. The third-order valence-corrected chi connectivity index (χ3v) is 2.02. The number of nitrogens with zero attached hydrogens (tertiary/aromatic N) is 1. The first-order valence-corrected chi connectivity index (χ1v) is 4.55. The highest BCUT2D eigenvalue weighted by molar-refractivity contribution is 14.1. The summed E-state index contributed by atoms with van der Waals surface area (Å²) in [6.07, 6.45) is 0. The molecule has 70 valence electrons. The lowest BCUT2D eigenvalue weighted by molar-refractivity contribution is 0.0589. The first-order valence-electron chi connectivity index (χ1n) is 3.48. The van der Waals surface area contributed by atoms with Gasteiger partial charge in [0.1, 0.15) is 3.70 Å². The predicted octanol–water partition coefficient (Wildman–Crippen LogP) is 1.48. The first-order chi connectivity index (χ1) is 6.19. The molecular formula is C8H8INO3. The topological polar surface area (TPSA) is 48.4 Å². The van der Waals surface area contributed by atoms with Gasteiger partial charge in [-0.15, -0.1) is 0 Å². The van der Waals surface area contributed by atoms with Gasteiger partial charge in [-0.05, 0) is 34.7 Å². The molecule has 1 rings (SSSR count). The van der Waals surface area contributed by atoms with E-state index in [1.54, 1.807) is 12.1 Å². The summed E-state index contributed by atoms with van der Waals surface area (Å²) < 4.78 is 10.2. The fraction of sp³-hybridized carbons (Fsp3) is 0.250. The average molecular weight is 293 g/mol. The molecule has 0 aliphatic carbocycles. The smallest absolute Gasteiger partial charge is 0.360 e. The molecule has 0 aliphatic heterocycles. The van der Waals surface area contributed by atoms with Gasteiger partial charge in [0.05, 0.1) is 14.2 Å². The SMILES string of the molecule is COC(=O)c1nc(I)ccc1OC. The van der Waals surface area contributed by atoms with Crippen molar-refractivity contribution in [2.75, 3.05) is 14.2 Å². The van der Waals surface area contributed by atoms with Crippen LogP contribution in [-0.2, 0) is 4.74 Å². The number of hydrogen-bond donors (Lipinski definition) is 0. The standard InChI is InChI=1S/C8H8INO3/c1-12-5-3-4-6(9)10-7(5)8(11)13-2/h3-4H,1-2H3. The normalized spacial score (nSPS) is 9.46. The number of aromatic nitrogens is 1. The number of esters is 1. The van der Waals surface area contributed by atoms with Crippen molar-refractivity contribution in [1.82, 2.24) is 4.98 Å². The Morgan fingerprint density at radius 1 is 1.46 bits per heavy atom. The summed E-state index contributed by atoms with van der Waals surface area (Å²) in [5.74, 6) is -0.0670. The Hall–Kier alpha value is -0.850. The molecule has 0 amide bonds. The Morgan fingerprint density at radius 2 is 2.15 bits per heavy atom. The van der Waals surface area contributed by atoms with Crippen molar-refractivity contribution in [1.29, 1.82) is 0 Å². The van der Waals surface area contributed by atoms with Crippen LogP contribution in [-0.4, -0.2) is 25.2 Å². The molecule has 0 radical (unpaired) electrons. The molecule has 0 spiro atoms. The highest BCUT2D eigenvalue weighted by atomic mass is 127. The fourth-order valence-electron chi connectivity index (χ4n) is 0.830. The molecule has 1 aromatic heterocycles. The summed E-state index contributed by atoms with van der Waals surface area (Å²) in [6, 6.07) is 3.44. The van der Waals surface area contributed by atoms with Gasteiger partial charge < -0.3 is 9.47 Å². The van der Waals surface area contributed by atoms with Crippen LogP contribution in [0.25, 0.3) is 0 Å². The number of halogens is 1. The fourth-order valence-corrected chi connectivity index (χ4v) is 1.25. The highest BCUT2D eigenvalue weighted by Crippen LogP contribution is 2.17. The summed E-state index contributed by atoms with van der Waals surface area (Å²) in [4.78, 5) is 15.2. The number of hydrogen-bond acceptors (Lipinski definition) is 4. The van der Waals surface area contributed by atoms with Crippen molar-refractivity contribution < 1.29 is 14.3 Å². The third kappa shape index (κ3) is 2.30. The van der Waals surface area contributed by atoms with E-state index in [-0.39, 0.29) is 5.69 Å². The maximum atomic E-state index is 11.2. The maximum absolute atomic E-state index is 11.2. The van der Waals surface area contributed by atoms with E-state index in [1.165, 1.54) is 14.2 Å². The number of carbonyl (C=O) groups excluding carboxylic acids is 1. The van der Waals surface area contributed by atoms with E-state index in [0.717, 1.165) is 3.70 Å². The summed E-state index contributed by atoms with van der Waals surface area (Å²) in [7, 11) is 2.79. The molecule has 0 saturated carbocycles. The Balaban J connectivity index is 3.15. The quantitative estimate of drug-likeness (QED) is 0.471. The van der Waals surface area contributed by atoms with E-state index in [9.17, 15) is 4.79 Å². The van der Waals surface area contributed by atoms with Crippen LogP contribution in [0.2, 0.25) is 0 Å². The molecule has 0 aliphatic rings. The van der Waals surface area contributed by atoms with Crippen molar-refractivity contribution in [3.05, 3.63) is 21.5 Å². The minimum absolute atomic E-state index is 0.205. The summed E-state index contributed by atoms with van der Waals surface area (Å²) in [5, 5.41) is 0. The lowest BCUT2D eigenvalue weighted by Gasteiger charge is -2.05. The second-order valence-electron chi connectivity index (χ2n) is 2.18. The van der Waals surface area contributed by atoms with Gasteiger partial charge in [-0.3, -0.25) is 0 Å². The second kappa shape index (κ2) is 4.40. The van der Waals surface area contributed by atoms with E-state index in [0.29, 0.717) is 5.75 Å². The molecule has 5 heteroatoms. The van der Waals surface area contributed by atoms with Gasteiger partial charge in [0.2, 0.25) is 0 Å². The molecule has 0 saturated heterocycles. The van der Waals surface area contributed by atoms with Gasteiger partial charge in [0.15, 0.2) is 11.4 Å². The van der Waals surface area contributed by atoms with Gasteiger partial charge >= 0.3 is 5.97 Å². The van der Waals surface area contributed by atoms with E-state index < -0.39 is 5.97 Å². The average Bonchev–Trinajstić information content (AvgIpc) is 2.16. The zero-order chi connectivity index (χ0) is 9.84. The van der Waals surface area contributed by atoms with Crippen molar-refractivity contribution in [3.63, 3.8) is 0 Å². The molecule has 0 N–H and O–H groups in total. The van der Waals surface area contributed by atoms with E-state index in [4.69, 9.17) is 4.74 Å². The highest BCUT2D eigenvalue weighted by Gasteiger charge is 2.14. The van der Waals surface area contributed by atoms with Crippen molar-refractivity contribution in [3.8, 4) is 5.75 Å². The van der Waals surface area contributed by atoms with Crippen LogP contribution in [0.4, 0.5) is 0 Å². The maximum Gasteiger partial charge on any atom is 0.360 e. The monoisotopic (exact) mass is 293 g/mol. The zero-order valence-electron chi connectivity index (χ0n) is 7.20. The van der Waals surface area contributed by atoms with Crippen LogP contribution in [0.1, 0.15) is 10.5 Å². The summed E-state index contributed by atoms with van der Waals surface area (Å²) >= 11 is 2.01. The zero-order valence-corrected chi connectivity index (χ0v) is 9.36. The van der Waals surface area contributed by atoms with Gasteiger partial charge in [-0.1, -0.05) is 0 Å². The first kappa shape index (κ1) is 10.2. The Labute approximate surface area is 89.4 Å². The predicted molar refractivity (Wildman–Crippen MR) is 54.8 cm³/mol. The van der Waals surface area contributed by atoms with Crippen LogP contribution in [0.5, 0.6) is 5.75 Å². The number of pyridine rings is 1. The molecule has 0 bridgehead atoms. The van der Waals surface area contributed by atoms with Gasteiger partial charge in [0.25, 0.3) is 0 Å².